The van der Waals surface area contributed by atoms with Crippen molar-refractivity contribution in [2.75, 3.05) is 23.0 Å². The second-order valence-electron chi connectivity index (χ2n) is 6.86. The maximum absolute atomic E-state index is 12.2. The molecule has 1 heterocycles. The first-order valence-corrected chi connectivity index (χ1v) is 12.1. The highest BCUT2D eigenvalue weighted by atomic mass is 32.2. The van der Waals surface area contributed by atoms with E-state index in [1.54, 1.807) is 30.3 Å². The number of hydrogen-bond acceptors (Lipinski definition) is 6. The van der Waals surface area contributed by atoms with E-state index in [1.165, 1.54) is 23.1 Å². The number of carbonyl (C=O) groups excluding carboxylic acids is 3. The summed E-state index contributed by atoms with van der Waals surface area (Å²) in [6.07, 6.45) is 1.80. The minimum absolute atomic E-state index is 0.139. The Labute approximate surface area is 195 Å². The smallest absolute Gasteiger partial charge is 0.338 e. The van der Waals surface area contributed by atoms with Gasteiger partial charge in [0.1, 0.15) is 0 Å². The van der Waals surface area contributed by atoms with E-state index in [0.29, 0.717) is 28.4 Å². The molecule has 166 valence electrons. The maximum Gasteiger partial charge on any atom is 0.338 e. The summed E-state index contributed by atoms with van der Waals surface area (Å²) >= 11 is 2.78. The highest BCUT2D eigenvalue weighted by molar-refractivity contribution is 8.00. The molecule has 2 N–H and O–H groups in total. The van der Waals surface area contributed by atoms with Crippen molar-refractivity contribution in [2.45, 2.75) is 24.7 Å². The molecule has 2 amide bonds. The van der Waals surface area contributed by atoms with Crippen LogP contribution in [0.1, 0.15) is 39.8 Å². The summed E-state index contributed by atoms with van der Waals surface area (Å²) < 4.78 is 5.17. The first-order chi connectivity index (χ1) is 15.5. The fourth-order valence-corrected chi connectivity index (χ4v) is 3.98. The molecule has 1 aromatic heterocycles. The van der Waals surface area contributed by atoms with Crippen molar-refractivity contribution in [3.8, 4) is 0 Å². The molecule has 3 rings (SSSR count). The summed E-state index contributed by atoms with van der Waals surface area (Å²) in [5.74, 6) is -0.410. The molecule has 0 aliphatic carbocycles. The van der Waals surface area contributed by atoms with Gasteiger partial charge in [-0.1, -0.05) is 19.4 Å². The predicted molar refractivity (Wildman–Crippen MR) is 130 cm³/mol. The van der Waals surface area contributed by atoms with Crippen LogP contribution >= 0.6 is 23.1 Å². The van der Waals surface area contributed by atoms with Crippen LogP contribution in [0.25, 0.3) is 0 Å². The van der Waals surface area contributed by atoms with Gasteiger partial charge < -0.3 is 15.4 Å². The van der Waals surface area contributed by atoms with E-state index in [4.69, 9.17) is 4.74 Å². The second-order valence-corrected chi connectivity index (χ2v) is 8.86. The SMILES string of the molecule is CCCCOC(=O)c1ccc(NC(=O)CSc2ccc(NC(=O)c3cccs3)cc2)cc1. The number of amides is 2. The molecule has 0 fully saturated rings. The number of anilines is 2. The fourth-order valence-electron chi connectivity index (χ4n) is 2.66. The van der Waals surface area contributed by atoms with Gasteiger partial charge in [0.2, 0.25) is 5.91 Å². The molecule has 0 atom stereocenters. The minimum Gasteiger partial charge on any atom is -0.462 e. The highest BCUT2D eigenvalue weighted by Crippen LogP contribution is 2.22. The van der Waals surface area contributed by atoms with Gasteiger partial charge >= 0.3 is 5.97 Å². The summed E-state index contributed by atoms with van der Waals surface area (Å²) in [6.45, 7) is 2.44. The van der Waals surface area contributed by atoms with Crippen LogP contribution in [0.15, 0.2) is 70.9 Å². The Morgan fingerprint density at radius 2 is 1.62 bits per heavy atom. The number of ether oxygens (including phenoxy) is 1. The number of benzene rings is 2. The number of unbranched alkanes of at least 4 members (excludes halogenated alkanes) is 1. The van der Waals surface area contributed by atoms with E-state index in [0.717, 1.165) is 17.7 Å². The van der Waals surface area contributed by atoms with Crippen molar-refractivity contribution in [3.63, 3.8) is 0 Å². The summed E-state index contributed by atoms with van der Waals surface area (Å²) in [5, 5.41) is 7.52. The Morgan fingerprint density at radius 3 is 2.28 bits per heavy atom. The molecular formula is C24H24N2O4S2. The lowest BCUT2D eigenvalue weighted by Gasteiger charge is -2.08. The fraction of sp³-hybridized carbons (Fsp3) is 0.208. The molecule has 0 radical (unpaired) electrons. The number of carbonyl (C=O) groups is 3. The lowest BCUT2D eigenvalue weighted by molar-refractivity contribution is -0.113. The van der Waals surface area contributed by atoms with Crippen molar-refractivity contribution >= 4 is 52.3 Å². The first kappa shape index (κ1) is 23.6. The van der Waals surface area contributed by atoms with Crippen LogP contribution in [-0.2, 0) is 9.53 Å². The van der Waals surface area contributed by atoms with Crippen molar-refractivity contribution in [3.05, 3.63) is 76.5 Å². The largest absolute Gasteiger partial charge is 0.462 e. The molecular weight excluding hydrogens is 444 g/mol. The van der Waals surface area contributed by atoms with Crippen LogP contribution in [0, 0.1) is 0 Å². The van der Waals surface area contributed by atoms with Gasteiger partial charge in [-0.15, -0.1) is 23.1 Å². The zero-order valence-electron chi connectivity index (χ0n) is 17.6. The molecule has 32 heavy (non-hydrogen) atoms. The van der Waals surface area contributed by atoms with Gasteiger partial charge in [-0.2, -0.15) is 0 Å². The third kappa shape index (κ3) is 7.25. The number of nitrogens with one attached hydrogen (secondary N) is 2. The molecule has 0 bridgehead atoms. The van der Waals surface area contributed by atoms with Crippen LogP contribution in [0.4, 0.5) is 11.4 Å². The molecule has 0 spiro atoms. The van der Waals surface area contributed by atoms with Gasteiger partial charge in [0.15, 0.2) is 0 Å². The second kappa shape index (κ2) is 12.1. The monoisotopic (exact) mass is 468 g/mol. The van der Waals surface area contributed by atoms with E-state index < -0.39 is 0 Å². The molecule has 0 aliphatic heterocycles. The van der Waals surface area contributed by atoms with Crippen molar-refractivity contribution in [1.82, 2.24) is 0 Å². The number of esters is 1. The molecule has 0 aliphatic rings. The summed E-state index contributed by atoms with van der Waals surface area (Å²) in [5.41, 5.74) is 1.78. The normalized spacial score (nSPS) is 10.4. The molecule has 2 aromatic carbocycles. The molecule has 6 nitrogen and oxygen atoms in total. The topological polar surface area (TPSA) is 84.5 Å². The van der Waals surface area contributed by atoms with Crippen LogP contribution in [0.2, 0.25) is 0 Å². The number of thioether (sulfide) groups is 1. The van der Waals surface area contributed by atoms with Crippen molar-refractivity contribution < 1.29 is 19.1 Å². The number of thiophene rings is 1. The molecule has 0 unspecified atom stereocenters. The zero-order valence-corrected chi connectivity index (χ0v) is 19.3. The Morgan fingerprint density at radius 1 is 0.938 bits per heavy atom. The highest BCUT2D eigenvalue weighted by Gasteiger charge is 2.09. The van der Waals surface area contributed by atoms with Crippen LogP contribution < -0.4 is 10.6 Å². The maximum atomic E-state index is 12.2. The minimum atomic E-state index is -0.359. The van der Waals surface area contributed by atoms with Gasteiger partial charge in [0.25, 0.3) is 5.91 Å². The third-order valence-corrected chi connectivity index (χ3v) is 6.24. The molecule has 8 heteroatoms. The average molecular weight is 469 g/mol. The summed E-state index contributed by atoms with van der Waals surface area (Å²) in [4.78, 5) is 37.8. The van der Waals surface area contributed by atoms with Gasteiger partial charge in [0, 0.05) is 16.3 Å². The lowest BCUT2D eigenvalue weighted by atomic mass is 10.2. The van der Waals surface area contributed by atoms with Crippen LogP contribution in [0.5, 0.6) is 0 Å². The Hall–Kier alpha value is -3.10. The van der Waals surface area contributed by atoms with Crippen LogP contribution in [-0.4, -0.2) is 30.1 Å². The Kier molecular flexibility index (Phi) is 8.89. The standard InChI is InChI=1S/C24H24N2O4S2/c1-2-3-14-30-24(29)17-6-8-18(9-7-17)25-22(27)16-32-20-12-10-19(11-13-20)26-23(28)21-5-4-15-31-21/h4-13,15H,2-3,14,16H2,1H3,(H,25,27)(H,26,28). The molecule has 0 saturated heterocycles. The Balaban J connectivity index is 1.43. The van der Waals surface area contributed by atoms with Crippen molar-refractivity contribution in [2.24, 2.45) is 0 Å². The molecule has 0 saturated carbocycles. The van der Waals surface area contributed by atoms with Gasteiger partial charge in [-0.3, -0.25) is 9.59 Å². The predicted octanol–water partition coefficient (Wildman–Crippen LogP) is 5.69. The van der Waals surface area contributed by atoms with E-state index in [1.807, 2.05) is 42.6 Å². The van der Waals surface area contributed by atoms with E-state index in [9.17, 15) is 14.4 Å². The van der Waals surface area contributed by atoms with Gasteiger partial charge in [-0.25, -0.2) is 4.79 Å². The first-order valence-electron chi connectivity index (χ1n) is 10.2. The van der Waals surface area contributed by atoms with E-state index in [2.05, 4.69) is 10.6 Å². The van der Waals surface area contributed by atoms with E-state index >= 15 is 0 Å². The summed E-state index contributed by atoms with van der Waals surface area (Å²) in [7, 11) is 0. The quantitative estimate of drug-likeness (QED) is 0.227. The van der Waals surface area contributed by atoms with E-state index in [-0.39, 0.29) is 23.5 Å². The number of rotatable bonds is 10. The lowest BCUT2D eigenvalue weighted by Crippen LogP contribution is -2.14. The Bertz CT molecular complexity index is 1030. The number of hydrogen-bond donors (Lipinski definition) is 2. The van der Waals surface area contributed by atoms with Crippen LogP contribution in [0.3, 0.4) is 0 Å². The average Bonchev–Trinajstić information content (AvgIpc) is 3.34. The van der Waals surface area contributed by atoms with Gasteiger partial charge in [-0.05, 0) is 66.4 Å². The third-order valence-electron chi connectivity index (χ3n) is 4.36. The molecule has 3 aromatic rings. The van der Waals surface area contributed by atoms with Crippen molar-refractivity contribution in [1.29, 1.82) is 0 Å². The van der Waals surface area contributed by atoms with Gasteiger partial charge in [0.05, 0.1) is 22.8 Å². The summed E-state index contributed by atoms with van der Waals surface area (Å²) in [6, 6.07) is 17.6. The zero-order chi connectivity index (χ0) is 22.8.